The highest BCUT2D eigenvalue weighted by Crippen LogP contribution is 2.38. The number of amides is 1. The van der Waals surface area contributed by atoms with Crippen molar-refractivity contribution in [3.8, 4) is 0 Å². The highest BCUT2D eigenvalue weighted by Gasteiger charge is 2.41. The van der Waals surface area contributed by atoms with Crippen LogP contribution < -0.4 is 10.8 Å². The largest absolute Gasteiger partial charge is 0.491 e. The van der Waals surface area contributed by atoms with Crippen molar-refractivity contribution in [2.24, 2.45) is 0 Å². The van der Waals surface area contributed by atoms with Gasteiger partial charge < -0.3 is 15.0 Å². The van der Waals surface area contributed by atoms with Crippen molar-refractivity contribution in [3.05, 3.63) is 23.3 Å². The molecule has 0 aromatic heterocycles. The molecule has 1 amide bonds. The molecule has 1 aromatic rings. The van der Waals surface area contributed by atoms with Gasteiger partial charge in [0.05, 0.1) is 17.9 Å². The zero-order chi connectivity index (χ0) is 14.2. The van der Waals surface area contributed by atoms with E-state index < -0.39 is 24.8 Å². The van der Waals surface area contributed by atoms with E-state index in [2.05, 4.69) is 5.32 Å². The van der Waals surface area contributed by atoms with Crippen molar-refractivity contribution in [1.29, 1.82) is 0 Å². The first-order valence-corrected chi connectivity index (χ1v) is 5.67. The third-order valence-electron chi connectivity index (χ3n) is 2.88. The van der Waals surface area contributed by atoms with Gasteiger partial charge in [-0.1, -0.05) is 13.0 Å². The standard InChI is InChI=1S/C11H11BF3NO3/c1-2-9(17)16-8-4-3-7-6(5-19-12(7)18)10(8)11(13,14)15/h3-4,18H,2,5H2,1H3,(H,16,17). The Labute approximate surface area is 107 Å². The molecule has 4 nitrogen and oxygen atoms in total. The van der Waals surface area contributed by atoms with Gasteiger partial charge in [-0.25, -0.2) is 0 Å². The number of rotatable bonds is 2. The van der Waals surface area contributed by atoms with Crippen molar-refractivity contribution in [1.82, 2.24) is 0 Å². The molecule has 0 spiro atoms. The predicted molar refractivity (Wildman–Crippen MR) is 62.8 cm³/mol. The van der Waals surface area contributed by atoms with Crippen LogP contribution in [0.4, 0.5) is 18.9 Å². The van der Waals surface area contributed by atoms with Gasteiger partial charge in [0.2, 0.25) is 5.91 Å². The lowest BCUT2D eigenvalue weighted by Crippen LogP contribution is -2.30. The number of benzene rings is 1. The second-order valence-corrected chi connectivity index (χ2v) is 4.12. The summed E-state index contributed by atoms with van der Waals surface area (Å²) in [5, 5.41) is 11.6. The number of carbonyl (C=O) groups is 1. The maximum Gasteiger partial charge on any atom is 0.491 e. The van der Waals surface area contributed by atoms with Crippen LogP contribution in [-0.4, -0.2) is 18.0 Å². The van der Waals surface area contributed by atoms with Crippen LogP contribution in [0.3, 0.4) is 0 Å². The molecule has 19 heavy (non-hydrogen) atoms. The van der Waals surface area contributed by atoms with E-state index in [0.29, 0.717) is 0 Å². The minimum Gasteiger partial charge on any atom is -0.423 e. The fourth-order valence-electron chi connectivity index (χ4n) is 1.97. The van der Waals surface area contributed by atoms with Gasteiger partial charge in [-0.05, 0) is 17.1 Å². The van der Waals surface area contributed by atoms with Crippen LogP contribution in [0.2, 0.25) is 0 Å². The molecule has 2 rings (SSSR count). The second-order valence-electron chi connectivity index (χ2n) is 4.12. The summed E-state index contributed by atoms with van der Waals surface area (Å²) in [5.74, 6) is -0.509. The highest BCUT2D eigenvalue weighted by atomic mass is 19.4. The number of alkyl halides is 3. The number of nitrogens with one attached hydrogen (secondary N) is 1. The van der Waals surface area contributed by atoms with E-state index in [0.717, 1.165) is 6.07 Å². The molecular weight excluding hydrogens is 262 g/mol. The van der Waals surface area contributed by atoms with Crippen LogP contribution in [0.25, 0.3) is 0 Å². The average molecular weight is 273 g/mol. The van der Waals surface area contributed by atoms with Gasteiger partial charge in [0.15, 0.2) is 0 Å². The van der Waals surface area contributed by atoms with Crippen LogP contribution in [0.1, 0.15) is 24.5 Å². The molecule has 0 saturated heterocycles. The van der Waals surface area contributed by atoms with Crippen molar-refractivity contribution in [2.75, 3.05) is 5.32 Å². The maximum atomic E-state index is 13.1. The number of halogens is 3. The van der Waals surface area contributed by atoms with E-state index in [1.165, 1.54) is 6.07 Å². The van der Waals surface area contributed by atoms with E-state index in [4.69, 9.17) is 4.65 Å². The molecule has 0 unspecified atom stereocenters. The van der Waals surface area contributed by atoms with Crippen molar-refractivity contribution < 1.29 is 27.6 Å². The predicted octanol–water partition coefficient (Wildman–Crippen LogP) is 1.27. The van der Waals surface area contributed by atoms with E-state index in [9.17, 15) is 23.0 Å². The van der Waals surface area contributed by atoms with Gasteiger partial charge in [-0.2, -0.15) is 13.2 Å². The summed E-state index contributed by atoms with van der Waals surface area (Å²) < 4.78 is 44.1. The molecule has 1 aliphatic rings. The Morgan fingerprint density at radius 1 is 1.53 bits per heavy atom. The Kier molecular flexibility index (Phi) is 3.55. The van der Waals surface area contributed by atoms with Gasteiger partial charge in [0, 0.05) is 6.42 Å². The molecular formula is C11H11BF3NO3. The van der Waals surface area contributed by atoms with E-state index in [-0.39, 0.29) is 29.7 Å². The number of hydrogen-bond donors (Lipinski definition) is 2. The van der Waals surface area contributed by atoms with Crippen LogP contribution in [0.15, 0.2) is 12.1 Å². The van der Waals surface area contributed by atoms with Crippen LogP contribution in [0.5, 0.6) is 0 Å². The fraction of sp³-hybridized carbons (Fsp3) is 0.364. The van der Waals surface area contributed by atoms with E-state index in [1.54, 1.807) is 6.92 Å². The van der Waals surface area contributed by atoms with Gasteiger partial charge in [0.25, 0.3) is 0 Å². The molecule has 0 atom stereocenters. The molecule has 1 aromatic carbocycles. The summed E-state index contributed by atoms with van der Waals surface area (Å²) in [5.41, 5.74) is -1.31. The van der Waals surface area contributed by atoms with Crippen molar-refractivity contribution >= 4 is 24.2 Å². The first-order chi connectivity index (χ1) is 8.84. The minimum absolute atomic E-state index is 0.0769. The summed E-state index contributed by atoms with van der Waals surface area (Å²) >= 11 is 0. The summed E-state index contributed by atoms with van der Waals surface area (Å²) in [6, 6.07) is 2.46. The number of hydrogen-bond acceptors (Lipinski definition) is 3. The third kappa shape index (κ3) is 2.59. The monoisotopic (exact) mass is 273 g/mol. The highest BCUT2D eigenvalue weighted by molar-refractivity contribution is 6.61. The second kappa shape index (κ2) is 4.86. The molecule has 1 aliphatic heterocycles. The Bertz CT molecular complexity index is 519. The molecule has 102 valence electrons. The van der Waals surface area contributed by atoms with Gasteiger partial charge in [-0.3, -0.25) is 4.79 Å². The molecule has 0 radical (unpaired) electrons. The fourth-order valence-corrected chi connectivity index (χ4v) is 1.97. The average Bonchev–Trinajstić information content (AvgIpc) is 2.69. The SMILES string of the molecule is CCC(=O)Nc1ccc2c(c1C(F)(F)F)COB2O. The molecule has 0 bridgehead atoms. The summed E-state index contributed by atoms with van der Waals surface area (Å²) in [4.78, 5) is 11.3. The summed E-state index contributed by atoms with van der Waals surface area (Å²) in [6.45, 7) is 1.21. The Morgan fingerprint density at radius 3 is 2.79 bits per heavy atom. The maximum absolute atomic E-state index is 13.1. The Morgan fingerprint density at radius 2 is 2.21 bits per heavy atom. The smallest absolute Gasteiger partial charge is 0.423 e. The van der Waals surface area contributed by atoms with Gasteiger partial charge >= 0.3 is 13.3 Å². The van der Waals surface area contributed by atoms with Crippen molar-refractivity contribution in [3.63, 3.8) is 0 Å². The van der Waals surface area contributed by atoms with Gasteiger partial charge in [-0.15, -0.1) is 0 Å². The lowest BCUT2D eigenvalue weighted by molar-refractivity contribution is -0.137. The molecule has 0 fully saturated rings. The quantitative estimate of drug-likeness (QED) is 0.798. The van der Waals surface area contributed by atoms with Crippen LogP contribution in [0, 0.1) is 0 Å². The third-order valence-corrected chi connectivity index (χ3v) is 2.88. The molecule has 2 N–H and O–H groups in total. The summed E-state index contributed by atoms with van der Waals surface area (Å²) in [6.07, 6.45) is -4.55. The molecule has 0 aliphatic carbocycles. The lowest BCUT2D eigenvalue weighted by Gasteiger charge is -2.17. The minimum atomic E-state index is -4.63. The van der Waals surface area contributed by atoms with Gasteiger partial charge in [0.1, 0.15) is 0 Å². The van der Waals surface area contributed by atoms with E-state index in [1.807, 2.05) is 0 Å². The summed E-state index contributed by atoms with van der Waals surface area (Å²) in [7, 11) is -1.35. The first-order valence-electron chi connectivity index (χ1n) is 5.67. The Hall–Kier alpha value is -1.54. The molecule has 0 saturated carbocycles. The van der Waals surface area contributed by atoms with E-state index >= 15 is 0 Å². The Balaban J connectivity index is 2.53. The molecule has 1 heterocycles. The normalized spacial score (nSPS) is 14.5. The number of fused-ring (bicyclic) bond motifs is 1. The molecule has 8 heteroatoms. The number of carbonyl (C=O) groups excluding carboxylic acids is 1. The first kappa shape index (κ1) is 13.9. The van der Waals surface area contributed by atoms with Crippen LogP contribution in [-0.2, 0) is 22.2 Å². The topological polar surface area (TPSA) is 58.6 Å². The zero-order valence-corrected chi connectivity index (χ0v) is 10.0. The lowest BCUT2D eigenvalue weighted by atomic mass is 9.78. The number of anilines is 1. The van der Waals surface area contributed by atoms with Crippen LogP contribution >= 0.6 is 0 Å². The van der Waals surface area contributed by atoms with Crippen molar-refractivity contribution in [2.45, 2.75) is 26.1 Å². The zero-order valence-electron chi connectivity index (χ0n) is 10.0.